The van der Waals surface area contributed by atoms with Crippen molar-refractivity contribution in [3.63, 3.8) is 0 Å². The molecule has 2 aromatic heterocycles. The van der Waals surface area contributed by atoms with Crippen LogP contribution in [0, 0.1) is 13.8 Å². The molecule has 0 aliphatic heterocycles. The minimum absolute atomic E-state index is 0.110. The molecule has 1 N–H and O–H groups in total. The van der Waals surface area contributed by atoms with Gasteiger partial charge in [0.1, 0.15) is 6.23 Å². The number of nitrogens with zero attached hydrogens (tertiary/aromatic N) is 2. The Kier molecular flexibility index (Phi) is 5.23. The van der Waals surface area contributed by atoms with Gasteiger partial charge in [0.05, 0.1) is 5.69 Å². The van der Waals surface area contributed by atoms with Crippen LogP contribution < -0.4 is 5.32 Å². The Morgan fingerprint density at radius 1 is 1.12 bits per heavy atom. The van der Waals surface area contributed by atoms with Crippen LogP contribution in [0.3, 0.4) is 0 Å². The van der Waals surface area contributed by atoms with Gasteiger partial charge >= 0.3 is 0 Å². The van der Waals surface area contributed by atoms with Crippen molar-refractivity contribution < 1.29 is 4.74 Å². The van der Waals surface area contributed by atoms with E-state index in [2.05, 4.69) is 47.3 Å². The Morgan fingerprint density at radius 2 is 1.83 bits per heavy atom. The van der Waals surface area contributed by atoms with Gasteiger partial charge in [-0.05, 0) is 42.7 Å². The number of thiazole rings is 1. The second kappa shape index (κ2) is 7.55. The molecule has 0 saturated heterocycles. The lowest BCUT2D eigenvalue weighted by molar-refractivity contribution is 0.125. The lowest BCUT2D eigenvalue weighted by atomic mass is 9.99. The highest BCUT2D eigenvalue weighted by Crippen LogP contribution is 2.25. The second-order valence-corrected chi connectivity index (χ2v) is 6.58. The summed E-state index contributed by atoms with van der Waals surface area (Å²) in [6, 6.07) is 10.3. The van der Waals surface area contributed by atoms with E-state index in [1.54, 1.807) is 30.8 Å². The maximum absolute atomic E-state index is 5.63. The number of hydrogen-bond acceptors (Lipinski definition) is 5. The zero-order chi connectivity index (χ0) is 16.9. The molecule has 0 saturated carbocycles. The van der Waals surface area contributed by atoms with Crippen LogP contribution in [0.15, 0.2) is 48.1 Å². The Balaban J connectivity index is 1.73. The first-order valence-electron chi connectivity index (χ1n) is 7.87. The van der Waals surface area contributed by atoms with Crippen LogP contribution in [0.2, 0.25) is 0 Å². The number of methoxy groups -OCH3 is 1. The molecule has 3 rings (SSSR count). The van der Waals surface area contributed by atoms with Crippen molar-refractivity contribution in [2.45, 2.75) is 26.5 Å². The van der Waals surface area contributed by atoms with Gasteiger partial charge in [-0.15, -0.1) is 11.3 Å². The van der Waals surface area contributed by atoms with Gasteiger partial charge in [-0.3, -0.25) is 4.98 Å². The Labute approximate surface area is 146 Å². The van der Waals surface area contributed by atoms with Crippen LogP contribution in [-0.4, -0.2) is 23.3 Å². The Bertz CT molecular complexity index is 781. The summed E-state index contributed by atoms with van der Waals surface area (Å²) < 4.78 is 5.63. The first-order valence-corrected chi connectivity index (χ1v) is 8.75. The van der Waals surface area contributed by atoms with Gasteiger partial charge in [-0.1, -0.05) is 18.2 Å². The van der Waals surface area contributed by atoms with Crippen LogP contribution in [-0.2, 0) is 11.2 Å². The van der Waals surface area contributed by atoms with Gasteiger partial charge in [-0.25, -0.2) is 4.98 Å². The number of anilines is 1. The molecule has 0 aliphatic carbocycles. The fraction of sp³-hybridized carbons (Fsp3) is 0.263. The summed E-state index contributed by atoms with van der Waals surface area (Å²) in [7, 11) is 1.72. The first kappa shape index (κ1) is 16.6. The molecule has 5 heteroatoms. The predicted octanol–water partition coefficient (Wildman–Crippen LogP) is 4.45. The van der Waals surface area contributed by atoms with Gasteiger partial charge in [0, 0.05) is 36.9 Å². The van der Waals surface area contributed by atoms with Crippen molar-refractivity contribution in [3.8, 4) is 11.3 Å². The van der Waals surface area contributed by atoms with Crippen LogP contribution in [0.4, 0.5) is 5.13 Å². The predicted molar refractivity (Wildman–Crippen MR) is 99.4 cm³/mol. The highest BCUT2D eigenvalue weighted by molar-refractivity contribution is 7.14. The van der Waals surface area contributed by atoms with Crippen molar-refractivity contribution in [1.82, 2.24) is 9.97 Å². The van der Waals surface area contributed by atoms with E-state index in [1.807, 2.05) is 17.5 Å². The van der Waals surface area contributed by atoms with Crippen molar-refractivity contribution in [3.05, 3.63) is 64.8 Å². The molecule has 1 unspecified atom stereocenters. The third-order valence-electron chi connectivity index (χ3n) is 4.08. The van der Waals surface area contributed by atoms with Crippen molar-refractivity contribution in [2.75, 3.05) is 12.4 Å². The van der Waals surface area contributed by atoms with Crippen molar-refractivity contribution in [2.24, 2.45) is 0 Å². The van der Waals surface area contributed by atoms with Gasteiger partial charge < -0.3 is 10.1 Å². The Morgan fingerprint density at radius 3 is 2.50 bits per heavy atom. The maximum Gasteiger partial charge on any atom is 0.185 e. The number of hydrogen-bond donors (Lipinski definition) is 1. The largest absolute Gasteiger partial charge is 0.361 e. The first-order chi connectivity index (χ1) is 11.7. The van der Waals surface area contributed by atoms with Crippen LogP contribution >= 0.6 is 11.3 Å². The van der Waals surface area contributed by atoms with Gasteiger partial charge in [-0.2, -0.15) is 0 Å². The molecule has 0 aliphatic rings. The monoisotopic (exact) mass is 339 g/mol. The number of ether oxygens (including phenoxy) is 1. The third kappa shape index (κ3) is 3.80. The molecule has 0 spiro atoms. The van der Waals surface area contributed by atoms with Crippen LogP contribution in [0.1, 0.15) is 16.7 Å². The van der Waals surface area contributed by atoms with Gasteiger partial charge in [0.25, 0.3) is 0 Å². The second-order valence-electron chi connectivity index (χ2n) is 5.72. The molecule has 24 heavy (non-hydrogen) atoms. The van der Waals surface area contributed by atoms with E-state index < -0.39 is 0 Å². The fourth-order valence-corrected chi connectivity index (χ4v) is 3.45. The molecule has 124 valence electrons. The minimum Gasteiger partial charge on any atom is -0.361 e. The summed E-state index contributed by atoms with van der Waals surface area (Å²) in [5, 5.41) is 6.30. The van der Waals surface area contributed by atoms with Gasteiger partial charge in [0.2, 0.25) is 0 Å². The SMILES string of the molecule is COC(Cc1c(C)cccc1C)Nc1nc(-c2ccncc2)cs1. The summed E-state index contributed by atoms with van der Waals surface area (Å²) in [4.78, 5) is 8.70. The summed E-state index contributed by atoms with van der Waals surface area (Å²) in [5.74, 6) is 0. The topological polar surface area (TPSA) is 47.0 Å². The number of pyridine rings is 1. The standard InChI is InChI=1S/C19H21N3OS/c1-13-5-4-6-14(2)16(13)11-18(23-3)22-19-21-17(12-24-19)15-7-9-20-10-8-15/h4-10,12,18H,11H2,1-3H3,(H,21,22). The van der Waals surface area contributed by atoms with E-state index in [-0.39, 0.29) is 6.23 Å². The zero-order valence-corrected chi connectivity index (χ0v) is 14.9. The molecule has 4 nitrogen and oxygen atoms in total. The zero-order valence-electron chi connectivity index (χ0n) is 14.1. The molecule has 1 aromatic carbocycles. The van der Waals surface area contributed by atoms with E-state index >= 15 is 0 Å². The molecule has 1 atom stereocenters. The molecule has 0 amide bonds. The van der Waals surface area contributed by atoms with E-state index in [4.69, 9.17) is 4.74 Å². The molecule has 0 radical (unpaired) electrons. The summed E-state index contributed by atoms with van der Waals surface area (Å²) >= 11 is 1.58. The van der Waals surface area contributed by atoms with E-state index in [1.165, 1.54) is 16.7 Å². The van der Waals surface area contributed by atoms with Crippen LogP contribution in [0.5, 0.6) is 0 Å². The lowest BCUT2D eigenvalue weighted by Gasteiger charge is -2.19. The summed E-state index contributed by atoms with van der Waals surface area (Å²) in [6.07, 6.45) is 4.25. The van der Waals surface area contributed by atoms with E-state index in [9.17, 15) is 0 Å². The summed E-state index contributed by atoms with van der Waals surface area (Å²) in [6.45, 7) is 4.28. The minimum atomic E-state index is -0.110. The molecular formula is C19H21N3OS. The number of aryl methyl sites for hydroxylation is 2. The normalized spacial score (nSPS) is 12.1. The van der Waals surface area contributed by atoms with Crippen molar-refractivity contribution in [1.29, 1.82) is 0 Å². The molecule has 2 heterocycles. The quantitative estimate of drug-likeness (QED) is 0.674. The molecular weight excluding hydrogens is 318 g/mol. The van der Waals surface area contributed by atoms with Gasteiger partial charge in [0.15, 0.2) is 5.13 Å². The molecule has 3 aromatic rings. The lowest BCUT2D eigenvalue weighted by Crippen LogP contribution is -2.25. The highest BCUT2D eigenvalue weighted by Gasteiger charge is 2.14. The fourth-order valence-electron chi connectivity index (χ4n) is 2.68. The van der Waals surface area contributed by atoms with Crippen LogP contribution in [0.25, 0.3) is 11.3 Å². The maximum atomic E-state index is 5.63. The number of rotatable bonds is 6. The molecule has 0 fully saturated rings. The van der Waals surface area contributed by atoms with Crippen molar-refractivity contribution >= 4 is 16.5 Å². The molecule has 0 bridgehead atoms. The average molecular weight is 339 g/mol. The Hall–Kier alpha value is -2.24. The van der Waals surface area contributed by atoms with E-state index in [0.29, 0.717) is 0 Å². The average Bonchev–Trinajstić information content (AvgIpc) is 3.06. The third-order valence-corrected chi connectivity index (χ3v) is 4.86. The number of nitrogens with one attached hydrogen (secondary N) is 1. The number of aromatic nitrogens is 2. The van der Waals surface area contributed by atoms with E-state index in [0.717, 1.165) is 22.8 Å². The summed E-state index contributed by atoms with van der Waals surface area (Å²) in [5.41, 5.74) is 5.92. The highest BCUT2D eigenvalue weighted by atomic mass is 32.1. The smallest absolute Gasteiger partial charge is 0.185 e. The number of benzene rings is 1.